The first kappa shape index (κ1) is 57.8. The van der Waals surface area contributed by atoms with Crippen LogP contribution in [-0.4, -0.2) is 110 Å². The summed E-state index contributed by atoms with van der Waals surface area (Å²) in [6.45, 7) is 11.5. The summed E-state index contributed by atoms with van der Waals surface area (Å²) in [5, 5.41) is 58.9. The van der Waals surface area contributed by atoms with Crippen molar-refractivity contribution in [3.05, 3.63) is 141 Å². The largest absolute Gasteiger partial charge is 0.465 e. The molecule has 0 saturated heterocycles. The first-order valence-corrected chi connectivity index (χ1v) is 23.9. The van der Waals surface area contributed by atoms with Gasteiger partial charge in [0.05, 0.1) is 74.2 Å². The topological polar surface area (TPSA) is 197 Å². The summed E-state index contributed by atoms with van der Waals surface area (Å²) in [5.74, 6) is -0.490. The van der Waals surface area contributed by atoms with E-state index in [-0.39, 0.29) is 56.8 Å². The molecule has 0 radical (unpaired) electrons. The number of nitrogens with zero attached hydrogens (tertiary/aromatic N) is 4. The van der Waals surface area contributed by atoms with Gasteiger partial charge in [0.2, 0.25) is 0 Å². The van der Waals surface area contributed by atoms with Crippen LogP contribution in [0.1, 0.15) is 119 Å². The highest BCUT2D eigenvalue weighted by Gasteiger charge is 2.37. The molecule has 4 N–H and O–H groups in total. The molecule has 4 aromatic carbocycles. The molecule has 13 heteroatoms. The lowest BCUT2D eigenvalue weighted by Gasteiger charge is -2.33. The Hall–Kier alpha value is -5.48. The van der Waals surface area contributed by atoms with E-state index >= 15 is 0 Å². The zero-order valence-electron chi connectivity index (χ0n) is 42.2. The number of likely N-dealkylation sites (N-methyl/N-ethyl adjacent to an activating group) is 2. The first-order valence-electron chi connectivity index (χ1n) is 23.9. The molecule has 374 valence electrons. The zero-order valence-corrected chi connectivity index (χ0v) is 42.2. The monoisotopic (exact) mass is 949 g/mol. The number of rotatable bonds is 27. The predicted octanol–water partition coefficient (Wildman–Crippen LogP) is 7.68. The van der Waals surface area contributed by atoms with Crippen molar-refractivity contribution in [1.82, 2.24) is 9.80 Å². The smallest absolute Gasteiger partial charge is 0.338 e. The summed E-state index contributed by atoms with van der Waals surface area (Å²) in [6, 6.07) is 31.3. The Bertz CT molecular complexity index is 2300. The Labute approximate surface area is 410 Å². The quantitative estimate of drug-likeness (QED) is 0.0336. The van der Waals surface area contributed by atoms with Crippen LogP contribution in [0.2, 0.25) is 0 Å². The number of ether oxygens (including phenoxy) is 3. The van der Waals surface area contributed by atoms with E-state index in [1.807, 2.05) is 73.8 Å². The lowest BCUT2D eigenvalue weighted by molar-refractivity contribution is 0.0387. The van der Waals surface area contributed by atoms with E-state index < -0.39 is 10.8 Å². The van der Waals surface area contributed by atoms with Crippen molar-refractivity contribution < 1.29 is 44.2 Å². The molecule has 0 heterocycles. The van der Waals surface area contributed by atoms with Gasteiger partial charge >= 0.3 is 11.9 Å². The number of methoxy groups -OCH3 is 2. The summed E-state index contributed by atoms with van der Waals surface area (Å²) >= 11 is 0. The van der Waals surface area contributed by atoms with E-state index in [0.29, 0.717) is 52.8 Å². The molecule has 0 fully saturated rings. The highest BCUT2D eigenvalue weighted by atomic mass is 16.6. The van der Waals surface area contributed by atoms with Crippen LogP contribution >= 0.6 is 0 Å². The Balaban J connectivity index is 0.000000367. The van der Waals surface area contributed by atoms with E-state index in [2.05, 4.69) is 56.7 Å². The minimum atomic E-state index is -0.670. The third-order valence-corrected chi connectivity index (χ3v) is 13.4. The van der Waals surface area contributed by atoms with Gasteiger partial charge in [-0.1, -0.05) is 94.4 Å². The maximum absolute atomic E-state index is 12.2. The number of hydrogen-bond acceptors (Lipinski definition) is 13. The lowest BCUT2D eigenvalue weighted by atomic mass is 9.69. The molecule has 0 aliphatic heterocycles. The van der Waals surface area contributed by atoms with E-state index in [4.69, 9.17) is 14.2 Å². The molecule has 0 bridgehead atoms. The van der Waals surface area contributed by atoms with Gasteiger partial charge in [-0.2, -0.15) is 10.5 Å². The van der Waals surface area contributed by atoms with Crippen molar-refractivity contribution in [2.75, 3.05) is 67.7 Å². The van der Waals surface area contributed by atoms with Crippen LogP contribution in [0.5, 0.6) is 0 Å². The van der Waals surface area contributed by atoms with E-state index in [1.54, 1.807) is 25.3 Å². The van der Waals surface area contributed by atoms with Crippen molar-refractivity contribution in [2.45, 2.75) is 103 Å². The summed E-state index contributed by atoms with van der Waals surface area (Å²) in [6.07, 6.45) is 4.58. The Kier molecular flexibility index (Phi) is 24.7. The molecular weight excluding hydrogens is 873 g/mol. The molecule has 13 nitrogen and oxygen atoms in total. The maximum atomic E-state index is 12.2. The normalized spacial score (nSPS) is 13.0. The van der Waals surface area contributed by atoms with Crippen LogP contribution in [0, 0.1) is 34.5 Å². The van der Waals surface area contributed by atoms with Crippen LogP contribution in [0.4, 0.5) is 0 Å². The second kappa shape index (κ2) is 29.5. The Morgan fingerprint density at radius 1 is 0.594 bits per heavy atom. The number of aliphatic hydroxyl groups excluding tert-OH is 4. The number of nitriles is 2. The van der Waals surface area contributed by atoms with Gasteiger partial charge in [-0.3, -0.25) is 0 Å². The Morgan fingerprint density at radius 3 is 1.57 bits per heavy atom. The summed E-state index contributed by atoms with van der Waals surface area (Å²) in [5.41, 5.74) is 6.30. The molecule has 0 aliphatic rings. The average Bonchev–Trinajstić information content (AvgIpc) is 3.37. The molecule has 2 atom stereocenters. The molecule has 0 saturated carbocycles. The average molecular weight is 949 g/mol. The standard InChI is InChI=1S/C29H40N2O5.C27H36N2O4/c1-22(2)29(21-30,27-10-9-25(19-32)26(18-27)20-33)12-6-13-31(3)14-11-23-7-5-8-24(17-23)28(34)36-16-15-35-4;1-20(2)27(19-28,24-11-10-22(17-30)23(16-24)18-31)13-7-14-29(3)15-12-21-8-5-6-9-25(21)26(32)33-4/h5,7-10,17-18,22,32-33H,6,11-16,19-20H2,1-4H3;5-6,8-11,16,20,30-31H,7,12-15,17-18H2,1-4H3. The Morgan fingerprint density at radius 2 is 1.10 bits per heavy atom. The minimum Gasteiger partial charge on any atom is -0.465 e. The van der Waals surface area contributed by atoms with Gasteiger partial charge in [-0.05, 0) is 140 Å². The van der Waals surface area contributed by atoms with Crippen LogP contribution in [-0.2, 0) is 64.3 Å². The molecule has 0 aromatic heterocycles. The second-order valence-electron chi connectivity index (χ2n) is 18.4. The van der Waals surface area contributed by atoms with E-state index in [0.717, 1.165) is 74.1 Å². The molecule has 4 rings (SSSR count). The summed E-state index contributed by atoms with van der Waals surface area (Å²) in [4.78, 5) is 28.6. The second-order valence-corrected chi connectivity index (χ2v) is 18.4. The van der Waals surface area contributed by atoms with Gasteiger partial charge < -0.3 is 44.4 Å². The number of carbonyl (C=O) groups is 2. The fourth-order valence-corrected chi connectivity index (χ4v) is 8.75. The van der Waals surface area contributed by atoms with Crippen LogP contribution in [0.3, 0.4) is 0 Å². The fourth-order valence-electron chi connectivity index (χ4n) is 8.75. The SMILES string of the molecule is COC(=O)c1ccccc1CCN(C)CCCC(C#N)(c1ccc(CO)c(CO)c1)C(C)C.COCCOC(=O)c1cccc(CCN(C)CCCC(C#N)(c2ccc(CO)c(CO)c2)C(C)C)c1. The third-order valence-electron chi connectivity index (χ3n) is 13.4. The number of hydrogen-bond donors (Lipinski definition) is 4. The number of esters is 2. The van der Waals surface area contributed by atoms with Gasteiger partial charge in [-0.15, -0.1) is 0 Å². The zero-order chi connectivity index (χ0) is 51.0. The molecule has 0 aliphatic carbocycles. The van der Waals surface area contributed by atoms with Gasteiger partial charge in [0.15, 0.2) is 0 Å². The maximum Gasteiger partial charge on any atom is 0.338 e. The van der Waals surface area contributed by atoms with Crippen molar-refractivity contribution in [3.63, 3.8) is 0 Å². The summed E-state index contributed by atoms with van der Waals surface area (Å²) < 4.78 is 15.0. The van der Waals surface area contributed by atoms with Crippen molar-refractivity contribution >= 4 is 11.9 Å². The van der Waals surface area contributed by atoms with E-state index in [9.17, 15) is 40.5 Å². The first-order chi connectivity index (χ1) is 33.1. The highest BCUT2D eigenvalue weighted by Crippen LogP contribution is 2.39. The minimum absolute atomic E-state index is 0.0886. The number of benzene rings is 4. The third kappa shape index (κ3) is 16.3. The molecule has 0 amide bonds. The van der Waals surface area contributed by atoms with Crippen molar-refractivity contribution in [3.8, 4) is 12.1 Å². The molecule has 0 spiro atoms. The summed E-state index contributed by atoms with van der Waals surface area (Å²) in [7, 11) is 7.06. The van der Waals surface area contributed by atoms with Gasteiger partial charge in [-0.25, -0.2) is 9.59 Å². The highest BCUT2D eigenvalue weighted by molar-refractivity contribution is 5.91. The molecule has 2 unspecified atom stereocenters. The van der Waals surface area contributed by atoms with Crippen molar-refractivity contribution in [1.29, 1.82) is 10.5 Å². The van der Waals surface area contributed by atoms with Crippen LogP contribution in [0.15, 0.2) is 84.9 Å². The molecule has 4 aromatic rings. The lowest BCUT2D eigenvalue weighted by Crippen LogP contribution is -2.33. The van der Waals surface area contributed by atoms with Crippen LogP contribution in [0.25, 0.3) is 0 Å². The van der Waals surface area contributed by atoms with Gasteiger partial charge in [0.1, 0.15) is 6.61 Å². The molecule has 69 heavy (non-hydrogen) atoms. The number of carbonyl (C=O) groups excluding carboxylic acids is 2. The fraction of sp³-hybridized carbons (Fsp3) is 0.500. The van der Waals surface area contributed by atoms with E-state index in [1.165, 1.54) is 7.11 Å². The predicted molar refractivity (Wildman–Crippen MR) is 268 cm³/mol. The van der Waals surface area contributed by atoms with Crippen LogP contribution < -0.4 is 0 Å². The molecular formula is C56H76N4O9. The van der Waals surface area contributed by atoms with Gasteiger partial charge in [0, 0.05) is 20.2 Å². The van der Waals surface area contributed by atoms with Gasteiger partial charge in [0.25, 0.3) is 0 Å². The number of aliphatic hydroxyl groups is 4. The van der Waals surface area contributed by atoms with Crippen molar-refractivity contribution in [2.24, 2.45) is 11.8 Å².